The van der Waals surface area contributed by atoms with Crippen molar-refractivity contribution in [2.45, 2.75) is 6.18 Å². The molecule has 1 amide bonds. The molecular weight excluding hydrogens is 449 g/mol. The summed E-state index contributed by atoms with van der Waals surface area (Å²) < 4.78 is 46.1. The van der Waals surface area contributed by atoms with Crippen molar-refractivity contribution in [2.24, 2.45) is 0 Å². The molecule has 1 N–H and O–H groups in total. The summed E-state index contributed by atoms with van der Waals surface area (Å²) in [6, 6.07) is 9.83. The van der Waals surface area contributed by atoms with Gasteiger partial charge in [-0.2, -0.15) is 18.3 Å². The van der Waals surface area contributed by atoms with E-state index in [1.165, 1.54) is 35.1 Å². The largest absolute Gasteiger partial charge is 0.416 e. The lowest BCUT2D eigenvalue weighted by Gasteiger charge is -2.28. The first kappa shape index (κ1) is 21.8. The van der Waals surface area contributed by atoms with Crippen molar-refractivity contribution in [1.29, 1.82) is 0 Å². The van der Waals surface area contributed by atoms with Crippen LogP contribution in [0.1, 0.15) is 15.9 Å². The third-order valence-corrected chi connectivity index (χ3v) is 5.43. The van der Waals surface area contributed by atoms with Crippen LogP contribution in [0.2, 0.25) is 0 Å². The Bertz CT molecular complexity index is 1350. The van der Waals surface area contributed by atoms with E-state index in [2.05, 4.69) is 25.3 Å². The number of pyridine rings is 1. The monoisotopic (exact) mass is 468 g/mol. The minimum Gasteiger partial charge on any atom is -0.378 e. The van der Waals surface area contributed by atoms with Crippen molar-refractivity contribution in [3.05, 3.63) is 72.2 Å². The Hall–Kier alpha value is -3.99. The fourth-order valence-corrected chi connectivity index (χ4v) is 3.73. The van der Waals surface area contributed by atoms with Crippen LogP contribution in [0.4, 0.5) is 24.7 Å². The average Bonchev–Trinajstić information content (AvgIpc) is 3.29. The molecule has 0 unspecified atom stereocenters. The molecule has 34 heavy (non-hydrogen) atoms. The Kier molecular flexibility index (Phi) is 5.62. The number of rotatable bonds is 4. The molecule has 1 aliphatic heterocycles. The highest BCUT2D eigenvalue weighted by atomic mass is 19.4. The molecule has 3 aromatic heterocycles. The number of morpholine rings is 1. The second-order valence-electron chi connectivity index (χ2n) is 7.67. The van der Waals surface area contributed by atoms with Crippen molar-refractivity contribution in [2.75, 3.05) is 36.5 Å². The van der Waals surface area contributed by atoms with Crippen LogP contribution in [0.5, 0.6) is 0 Å². The third kappa shape index (κ3) is 4.42. The number of nitrogens with zero attached hydrogens (tertiary/aromatic N) is 5. The number of fused-ring (bicyclic) bond motifs is 1. The number of hydrogen-bond acceptors (Lipinski definition) is 6. The summed E-state index contributed by atoms with van der Waals surface area (Å²) in [4.78, 5) is 23.9. The van der Waals surface area contributed by atoms with Gasteiger partial charge in [-0.3, -0.25) is 4.79 Å². The second kappa shape index (κ2) is 8.75. The van der Waals surface area contributed by atoms with Crippen molar-refractivity contribution in [3.8, 4) is 11.3 Å². The molecule has 11 heteroatoms. The molecule has 1 aromatic carbocycles. The van der Waals surface area contributed by atoms with Crippen LogP contribution in [0, 0.1) is 0 Å². The van der Waals surface area contributed by atoms with Gasteiger partial charge in [-0.05, 0) is 24.3 Å². The minimum atomic E-state index is -4.47. The van der Waals surface area contributed by atoms with Gasteiger partial charge in [-0.1, -0.05) is 12.1 Å². The number of carbonyl (C=O) groups excluding carboxylic acids is 1. The molecule has 4 aromatic rings. The molecule has 0 atom stereocenters. The number of halogens is 3. The van der Waals surface area contributed by atoms with Gasteiger partial charge in [-0.15, -0.1) is 0 Å². The Morgan fingerprint density at radius 2 is 1.88 bits per heavy atom. The average molecular weight is 468 g/mol. The molecule has 1 saturated heterocycles. The number of imidazole rings is 1. The number of alkyl halides is 3. The molecule has 0 saturated carbocycles. The molecule has 1 fully saturated rings. The lowest BCUT2D eigenvalue weighted by molar-refractivity contribution is -0.137. The number of nitrogens with one attached hydrogen (secondary N) is 1. The van der Waals surface area contributed by atoms with E-state index in [9.17, 15) is 18.0 Å². The number of ether oxygens (including phenoxy) is 1. The summed E-state index contributed by atoms with van der Waals surface area (Å²) in [5.74, 6) is 0.307. The molecule has 0 spiro atoms. The van der Waals surface area contributed by atoms with Gasteiger partial charge in [0.25, 0.3) is 5.91 Å². The summed E-state index contributed by atoms with van der Waals surface area (Å²) in [5, 5.41) is 6.99. The number of aromatic nitrogens is 4. The molecule has 4 heterocycles. The molecule has 1 aliphatic rings. The summed E-state index contributed by atoms with van der Waals surface area (Å²) in [5.41, 5.74) is 0.795. The smallest absolute Gasteiger partial charge is 0.378 e. The minimum absolute atomic E-state index is 0.231. The van der Waals surface area contributed by atoms with Gasteiger partial charge in [-0.25, -0.2) is 14.5 Å². The van der Waals surface area contributed by atoms with Gasteiger partial charge in [0.2, 0.25) is 0 Å². The van der Waals surface area contributed by atoms with Gasteiger partial charge in [0.15, 0.2) is 5.65 Å². The van der Waals surface area contributed by atoms with Crippen molar-refractivity contribution < 1.29 is 22.7 Å². The standard InChI is InChI=1S/C23H19F3N6O2/c24-23(25,26)16-3-1-2-15(12-16)19-14-32-21(30-19)18(5-7-28-32)22(33)29-17-4-6-27-20(13-17)31-8-10-34-11-9-31/h1-7,12-14H,8-11H2,(H,27,29,33). The van der Waals surface area contributed by atoms with Crippen LogP contribution in [-0.2, 0) is 10.9 Å². The van der Waals surface area contributed by atoms with E-state index in [4.69, 9.17) is 4.74 Å². The molecule has 0 radical (unpaired) electrons. The van der Waals surface area contributed by atoms with Gasteiger partial charge < -0.3 is 15.0 Å². The Morgan fingerprint density at radius 3 is 2.68 bits per heavy atom. The van der Waals surface area contributed by atoms with Gasteiger partial charge in [0.1, 0.15) is 5.82 Å². The number of carbonyl (C=O) groups is 1. The van der Waals surface area contributed by atoms with E-state index in [0.717, 1.165) is 18.0 Å². The van der Waals surface area contributed by atoms with Gasteiger partial charge >= 0.3 is 6.18 Å². The molecule has 8 nitrogen and oxygen atoms in total. The molecule has 5 rings (SSSR count). The first-order valence-corrected chi connectivity index (χ1v) is 10.5. The van der Waals surface area contributed by atoms with Crippen molar-refractivity contribution in [3.63, 3.8) is 0 Å². The number of amides is 1. The van der Waals surface area contributed by atoms with Crippen LogP contribution in [0.25, 0.3) is 16.9 Å². The topological polar surface area (TPSA) is 84.7 Å². The lowest BCUT2D eigenvalue weighted by Crippen LogP contribution is -2.36. The van der Waals surface area contributed by atoms with E-state index < -0.39 is 17.6 Å². The highest BCUT2D eigenvalue weighted by Gasteiger charge is 2.30. The highest BCUT2D eigenvalue weighted by Crippen LogP contribution is 2.32. The van der Waals surface area contributed by atoms with Crippen LogP contribution < -0.4 is 10.2 Å². The van der Waals surface area contributed by atoms with Gasteiger partial charge in [0, 0.05) is 42.8 Å². The SMILES string of the molecule is O=C(Nc1ccnc(N2CCOCC2)c1)c1ccnn2cc(-c3cccc(C(F)(F)F)c3)nc12. The van der Waals surface area contributed by atoms with E-state index in [-0.39, 0.29) is 22.5 Å². The zero-order valence-electron chi connectivity index (χ0n) is 17.8. The zero-order chi connectivity index (χ0) is 23.7. The van der Waals surface area contributed by atoms with Gasteiger partial charge in [0.05, 0.1) is 36.2 Å². The lowest BCUT2D eigenvalue weighted by atomic mass is 10.1. The normalized spacial score (nSPS) is 14.4. The fraction of sp³-hybridized carbons (Fsp3) is 0.217. The number of benzene rings is 1. The Morgan fingerprint density at radius 1 is 1.06 bits per heavy atom. The first-order chi connectivity index (χ1) is 16.4. The van der Waals surface area contributed by atoms with Crippen LogP contribution >= 0.6 is 0 Å². The Labute approximate surface area is 192 Å². The fourth-order valence-electron chi connectivity index (χ4n) is 3.73. The maximum Gasteiger partial charge on any atom is 0.416 e. The number of hydrogen-bond donors (Lipinski definition) is 1. The first-order valence-electron chi connectivity index (χ1n) is 10.5. The van der Waals surface area contributed by atoms with Crippen molar-refractivity contribution in [1.82, 2.24) is 19.6 Å². The summed E-state index contributed by atoms with van der Waals surface area (Å²) >= 11 is 0. The summed E-state index contributed by atoms with van der Waals surface area (Å²) in [7, 11) is 0. The number of anilines is 2. The van der Waals surface area contributed by atoms with Crippen LogP contribution in [0.15, 0.2) is 61.1 Å². The maximum absolute atomic E-state index is 13.1. The molecule has 0 bridgehead atoms. The molecular formula is C23H19F3N6O2. The summed E-state index contributed by atoms with van der Waals surface area (Å²) in [6.07, 6.45) is 0.0721. The highest BCUT2D eigenvalue weighted by molar-refractivity contribution is 6.08. The summed E-state index contributed by atoms with van der Waals surface area (Å²) in [6.45, 7) is 2.65. The van der Waals surface area contributed by atoms with E-state index in [1.54, 1.807) is 18.3 Å². The van der Waals surface area contributed by atoms with Crippen LogP contribution in [-0.4, -0.2) is 51.8 Å². The van der Waals surface area contributed by atoms with E-state index in [1.807, 2.05) is 0 Å². The van der Waals surface area contributed by atoms with E-state index >= 15 is 0 Å². The van der Waals surface area contributed by atoms with Crippen molar-refractivity contribution >= 4 is 23.1 Å². The maximum atomic E-state index is 13.1. The van der Waals surface area contributed by atoms with Crippen LogP contribution in [0.3, 0.4) is 0 Å². The predicted octanol–water partition coefficient (Wildman–Crippen LogP) is 3.90. The zero-order valence-corrected chi connectivity index (χ0v) is 17.8. The third-order valence-electron chi connectivity index (χ3n) is 5.43. The second-order valence-corrected chi connectivity index (χ2v) is 7.67. The molecule has 0 aliphatic carbocycles. The predicted molar refractivity (Wildman–Crippen MR) is 119 cm³/mol. The van der Waals surface area contributed by atoms with E-state index in [0.29, 0.717) is 32.0 Å². The Balaban J connectivity index is 1.42. The molecule has 174 valence electrons. The quantitative estimate of drug-likeness (QED) is 0.489.